The van der Waals surface area contributed by atoms with Crippen LogP contribution >= 0.6 is 11.6 Å². The maximum Gasteiger partial charge on any atom is 0.336 e. The van der Waals surface area contributed by atoms with Gasteiger partial charge in [0, 0.05) is 17.6 Å². The number of fused-ring (bicyclic) bond motifs is 1. The summed E-state index contributed by atoms with van der Waals surface area (Å²) in [5.74, 6) is 0.446. The van der Waals surface area contributed by atoms with Gasteiger partial charge in [-0.25, -0.2) is 9.36 Å². The van der Waals surface area contributed by atoms with Gasteiger partial charge in [-0.2, -0.15) is 0 Å². The van der Waals surface area contributed by atoms with Crippen molar-refractivity contribution >= 4 is 28.4 Å². The average molecular weight is 430 g/mol. The molecule has 3 rings (SSSR count). The number of halogens is 1. The maximum atomic E-state index is 13.5. The molecule has 0 unspecified atom stereocenters. The number of hydrogen-bond donors (Lipinski definition) is 1. The Morgan fingerprint density at radius 3 is 2.53 bits per heavy atom. The lowest BCUT2D eigenvalue weighted by Gasteiger charge is -2.20. The van der Waals surface area contributed by atoms with Gasteiger partial charge < -0.3 is 10.1 Å². The second-order valence-corrected chi connectivity index (χ2v) is 7.91. The number of nitrogens with one attached hydrogen (secondary N) is 1. The third kappa shape index (κ3) is 4.11. The van der Waals surface area contributed by atoms with Crippen molar-refractivity contribution in [2.24, 2.45) is 5.92 Å². The third-order valence-corrected chi connectivity index (χ3v) is 5.05. The lowest BCUT2D eigenvalue weighted by atomic mass is 10.2. The Hall–Kier alpha value is -3.06. The van der Waals surface area contributed by atoms with Crippen molar-refractivity contribution in [3.8, 4) is 11.4 Å². The fourth-order valence-electron chi connectivity index (χ4n) is 3.22. The first-order valence-corrected chi connectivity index (χ1v) is 10.0. The first-order valence-electron chi connectivity index (χ1n) is 9.63. The first kappa shape index (κ1) is 21.6. The number of nitrogens with zero attached hydrogens (tertiary/aromatic N) is 2. The summed E-state index contributed by atoms with van der Waals surface area (Å²) in [4.78, 5) is 39.4. The highest BCUT2D eigenvalue weighted by atomic mass is 35.5. The molecule has 7 nitrogen and oxygen atoms in total. The van der Waals surface area contributed by atoms with Gasteiger partial charge in [0.2, 0.25) is 5.91 Å². The summed E-state index contributed by atoms with van der Waals surface area (Å²) in [6.07, 6.45) is 0. The van der Waals surface area contributed by atoms with Crippen LogP contribution in [0.2, 0.25) is 5.02 Å². The molecule has 0 spiro atoms. The molecule has 0 radical (unpaired) electrons. The van der Waals surface area contributed by atoms with Crippen LogP contribution in [0.5, 0.6) is 5.75 Å². The minimum absolute atomic E-state index is 0.259. The van der Waals surface area contributed by atoms with E-state index in [1.165, 1.54) is 17.7 Å². The Morgan fingerprint density at radius 1 is 1.13 bits per heavy atom. The molecule has 8 heteroatoms. The lowest BCUT2D eigenvalue weighted by Crippen LogP contribution is -2.44. The second-order valence-electron chi connectivity index (χ2n) is 7.47. The van der Waals surface area contributed by atoms with E-state index in [0.717, 1.165) is 4.57 Å². The van der Waals surface area contributed by atoms with Gasteiger partial charge in [-0.3, -0.25) is 14.2 Å². The highest BCUT2D eigenvalue weighted by molar-refractivity contribution is 6.31. The fourth-order valence-corrected chi connectivity index (χ4v) is 3.39. The van der Waals surface area contributed by atoms with Crippen LogP contribution in [0.4, 0.5) is 0 Å². The summed E-state index contributed by atoms with van der Waals surface area (Å²) in [5, 5.41) is 3.49. The molecule has 158 valence electrons. The minimum Gasteiger partial charge on any atom is -0.497 e. The summed E-state index contributed by atoms with van der Waals surface area (Å²) in [5.41, 5.74) is -0.463. The van der Waals surface area contributed by atoms with Crippen LogP contribution in [0.25, 0.3) is 16.6 Å². The molecule has 1 N–H and O–H groups in total. The molecule has 2 aromatic carbocycles. The van der Waals surface area contributed by atoms with Gasteiger partial charge in [-0.1, -0.05) is 31.5 Å². The Balaban J connectivity index is 2.30. The van der Waals surface area contributed by atoms with Crippen LogP contribution in [0.1, 0.15) is 26.8 Å². The van der Waals surface area contributed by atoms with Gasteiger partial charge in [0.1, 0.15) is 11.8 Å². The summed E-state index contributed by atoms with van der Waals surface area (Å²) in [6, 6.07) is 10.5. The SMILES string of the molecule is COc1cccc(-n2c(=O)c3ccc(Cl)cc3n([C@@H](C)C(=O)NCC(C)C)c2=O)c1. The lowest BCUT2D eigenvalue weighted by molar-refractivity contribution is -0.124. The van der Waals surface area contributed by atoms with Gasteiger partial charge in [0.15, 0.2) is 0 Å². The standard InChI is InChI=1S/C22H24ClN3O4/c1-13(2)12-24-20(27)14(3)25-19-10-15(23)8-9-18(19)21(28)26(22(25)29)16-6-5-7-17(11-16)30-4/h5-11,13-14H,12H2,1-4H3,(H,24,27)/t14-/m0/s1. The molecular formula is C22H24ClN3O4. The molecule has 0 saturated heterocycles. The molecule has 30 heavy (non-hydrogen) atoms. The molecule has 0 saturated carbocycles. The Kier molecular flexibility index (Phi) is 6.31. The maximum absolute atomic E-state index is 13.5. The largest absolute Gasteiger partial charge is 0.497 e. The van der Waals surface area contributed by atoms with Gasteiger partial charge in [0.05, 0.1) is 23.7 Å². The van der Waals surface area contributed by atoms with Crippen molar-refractivity contribution in [1.82, 2.24) is 14.5 Å². The Morgan fingerprint density at radius 2 is 1.87 bits per heavy atom. The van der Waals surface area contributed by atoms with E-state index >= 15 is 0 Å². The van der Waals surface area contributed by atoms with Gasteiger partial charge in [-0.15, -0.1) is 0 Å². The van der Waals surface area contributed by atoms with E-state index in [2.05, 4.69) is 5.32 Å². The van der Waals surface area contributed by atoms with Crippen molar-refractivity contribution in [3.05, 3.63) is 68.3 Å². The number of carbonyl (C=O) groups excluding carboxylic acids is 1. The summed E-state index contributed by atoms with van der Waals surface area (Å²) in [7, 11) is 1.50. The van der Waals surface area contributed by atoms with E-state index in [0.29, 0.717) is 28.5 Å². The van der Waals surface area contributed by atoms with Crippen LogP contribution in [-0.2, 0) is 4.79 Å². The molecule has 3 aromatic rings. The quantitative estimate of drug-likeness (QED) is 0.652. The number of carbonyl (C=O) groups is 1. The summed E-state index contributed by atoms with van der Waals surface area (Å²) in [6.45, 7) is 6.06. The molecule has 0 aliphatic heterocycles. The zero-order valence-electron chi connectivity index (χ0n) is 17.3. The predicted octanol–water partition coefficient (Wildman–Crippen LogP) is 3.15. The molecule has 0 aliphatic carbocycles. The predicted molar refractivity (Wildman–Crippen MR) is 118 cm³/mol. The highest BCUT2D eigenvalue weighted by Crippen LogP contribution is 2.20. The molecule has 0 aliphatic rings. The van der Waals surface area contributed by atoms with Crippen molar-refractivity contribution in [1.29, 1.82) is 0 Å². The van der Waals surface area contributed by atoms with E-state index in [-0.39, 0.29) is 17.2 Å². The van der Waals surface area contributed by atoms with E-state index < -0.39 is 17.3 Å². The topological polar surface area (TPSA) is 82.3 Å². The monoisotopic (exact) mass is 429 g/mol. The van der Waals surface area contributed by atoms with Crippen molar-refractivity contribution in [2.45, 2.75) is 26.8 Å². The minimum atomic E-state index is -0.852. The van der Waals surface area contributed by atoms with Crippen molar-refractivity contribution in [2.75, 3.05) is 13.7 Å². The van der Waals surface area contributed by atoms with Crippen LogP contribution < -0.4 is 21.3 Å². The molecule has 0 fully saturated rings. The molecule has 1 atom stereocenters. The second kappa shape index (κ2) is 8.75. The summed E-state index contributed by atoms with van der Waals surface area (Å²) >= 11 is 6.14. The van der Waals surface area contributed by atoms with Gasteiger partial charge >= 0.3 is 5.69 Å². The average Bonchev–Trinajstić information content (AvgIpc) is 2.71. The fraction of sp³-hybridized carbons (Fsp3) is 0.318. The van der Waals surface area contributed by atoms with Crippen molar-refractivity contribution in [3.63, 3.8) is 0 Å². The molecular weight excluding hydrogens is 406 g/mol. The first-order chi connectivity index (χ1) is 14.2. The molecule has 1 aromatic heterocycles. The van der Waals surface area contributed by atoms with E-state index in [4.69, 9.17) is 16.3 Å². The normalized spacial score (nSPS) is 12.2. The van der Waals surface area contributed by atoms with Crippen molar-refractivity contribution < 1.29 is 9.53 Å². The molecule has 1 heterocycles. The number of hydrogen-bond acceptors (Lipinski definition) is 4. The van der Waals surface area contributed by atoms with Crippen LogP contribution in [0.3, 0.4) is 0 Å². The van der Waals surface area contributed by atoms with E-state index in [9.17, 15) is 14.4 Å². The number of aromatic nitrogens is 2. The zero-order chi connectivity index (χ0) is 22.0. The van der Waals surface area contributed by atoms with E-state index in [1.807, 2.05) is 13.8 Å². The summed E-state index contributed by atoms with van der Waals surface area (Å²) < 4.78 is 7.57. The number of ether oxygens (including phenoxy) is 1. The Labute approximate surface area is 178 Å². The van der Waals surface area contributed by atoms with Crippen LogP contribution in [0, 0.1) is 5.92 Å². The number of amides is 1. The number of rotatable bonds is 6. The highest BCUT2D eigenvalue weighted by Gasteiger charge is 2.23. The molecule has 1 amide bonds. The van der Waals surface area contributed by atoms with Crippen LogP contribution in [-0.4, -0.2) is 28.7 Å². The van der Waals surface area contributed by atoms with E-state index in [1.54, 1.807) is 43.3 Å². The Bertz CT molecular complexity index is 1210. The van der Waals surface area contributed by atoms with Gasteiger partial charge in [0.25, 0.3) is 5.56 Å². The smallest absolute Gasteiger partial charge is 0.336 e. The molecule has 0 bridgehead atoms. The van der Waals surface area contributed by atoms with Crippen LogP contribution in [0.15, 0.2) is 52.1 Å². The number of methoxy groups -OCH3 is 1. The van der Waals surface area contributed by atoms with Gasteiger partial charge in [-0.05, 0) is 43.2 Å². The third-order valence-electron chi connectivity index (χ3n) is 4.81. The zero-order valence-corrected chi connectivity index (χ0v) is 18.1. The number of benzene rings is 2.